The maximum absolute atomic E-state index is 13.1. The van der Waals surface area contributed by atoms with Gasteiger partial charge >= 0.3 is 6.03 Å². The standard InChI is InChI=1S/C25H30N4O4S/c1-2-14-26-25(31)28-22-9-7-21(8-10-22)27-24(30)19-12-15-29(16-13-19)34(32,33)23-11-6-18-4-3-5-20(18)17-23/h2,6-11,17,19H,1,3-5,12-16H2,(H,27,30)(H2,26,28,31). The van der Waals surface area contributed by atoms with Crippen LogP contribution in [0.2, 0.25) is 0 Å². The summed E-state index contributed by atoms with van der Waals surface area (Å²) in [7, 11) is -3.56. The summed E-state index contributed by atoms with van der Waals surface area (Å²) in [6, 6.07) is 12.0. The van der Waals surface area contributed by atoms with Gasteiger partial charge in [-0.25, -0.2) is 13.2 Å². The number of carbonyl (C=O) groups is 2. The van der Waals surface area contributed by atoms with Crippen molar-refractivity contribution in [2.24, 2.45) is 5.92 Å². The highest BCUT2D eigenvalue weighted by molar-refractivity contribution is 7.89. The molecule has 9 heteroatoms. The minimum Gasteiger partial charge on any atom is -0.334 e. The molecule has 0 spiro atoms. The average Bonchev–Trinajstić information content (AvgIpc) is 3.32. The molecule has 1 aliphatic carbocycles. The average molecular weight is 483 g/mol. The van der Waals surface area contributed by atoms with Crippen LogP contribution in [0.5, 0.6) is 0 Å². The van der Waals surface area contributed by atoms with Crippen molar-refractivity contribution in [3.63, 3.8) is 0 Å². The van der Waals surface area contributed by atoms with E-state index in [2.05, 4.69) is 22.5 Å². The van der Waals surface area contributed by atoms with Crippen LogP contribution in [0.3, 0.4) is 0 Å². The van der Waals surface area contributed by atoms with Crippen molar-refractivity contribution < 1.29 is 18.0 Å². The van der Waals surface area contributed by atoms with Gasteiger partial charge in [0.2, 0.25) is 15.9 Å². The zero-order chi connectivity index (χ0) is 24.1. The first-order chi connectivity index (χ1) is 16.4. The van der Waals surface area contributed by atoms with Gasteiger partial charge in [-0.1, -0.05) is 12.1 Å². The van der Waals surface area contributed by atoms with Crippen molar-refractivity contribution in [2.45, 2.75) is 37.0 Å². The zero-order valence-corrected chi connectivity index (χ0v) is 19.9. The molecule has 0 saturated carbocycles. The largest absolute Gasteiger partial charge is 0.334 e. The third-order valence-corrected chi connectivity index (χ3v) is 8.24. The van der Waals surface area contributed by atoms with Gasteiger partial charge in [-0.3, -0.25) is 4.79 Å². The Balaban J connectivity index is 1.29. The van der Waals surface area contributed by atoms with Gasteiger partial charge < -0.3 is 16.0 Å². The predicted octanol–water partition coefficient (Wildman–Crippen LogP) is 3.52. The fraction of sp³-hybridized carbons (Fsp3) is 0.360. The molecule has 4 rings (SSSR count). The molecule has 8 nitrogen and oxygen atoms in total. The quantitative estimate of drug-likeness (QED) is 0.525. The Morgan fingerprint density at radius 3 is 2.29 bits per heavy atom. The minimum absolute atomic E-state index is 0.126. The van der Waals surface area contributed by atoms with Crippen molar-refractivity contribution in [1.82, 2.24) is 9.62 Å². The Hall–Kier alpha value is -3.17. The first-order valence-corrected chi connectivity index (χ1v) is 13.0. The summed E-state index contributed by atoms with van der Waals surface area (Å²) in [6.45, 7) is 4.55. The van der Waals surface area contributed by atoms with E-state index in [1.165, 1.54) is 9.87 Å². The summed E-state index contributed by atoms with van der Waals surface area (Å²) in [4.78, 5) is 24.8. The Bertz CT molecular complexity index is 1170. The van der Waals surface area contributed by atoms with Gasteiger partial charge in [-0.05, 0) is 79.6 Å². The molecule has 2 aromatic carbocycles. The van der Waals surface area contributed by atoms with Gasteiger partial charge in [-0.2, -0.15) is 4.31 Å². The maximum Gasteiger partial charge on any atom is 0.319 e. The lowest BCUT2D eigenvalue weighted by molar-refractivity contribution is -0.120. The third-order valence-electron chi connectivity index (χ3n) is 6.35. The van der Waals surface area contributed by atoms with Crippen LogP contribution >= 0.6 is 0 Å². The summed E-state index contributed by atoms with van der Waals surface area (Å²) in [5.74, 6) is -0.382. The Morgan fingerprint density at radius 2 is 1.62 bits per heavy atom. The van der Waals surface area contributed by atoms with Crippen LogP contribution in [0.15, 0.2) is 60.0 Å². The monoisotopic (exact) mass is 482 g/mol. The molecule has 34 heavy (non-hydrogen) atoms. The molecule has 1 saturated heterocycles. The summed E-state index contributed by atoms with van der Waals surface area (Å²) in [6.07, 6.45) is 5.55. The Kier molecular flexibility index (Phi) is 7.33. The molecule has 2 aromatic rings. The number of anilines is 2. The third kappa shape index (κ3) is 5.48. The van der Waals surface area contributed by atoms with Gasteiger partial charge in [0, 0.05) is 36.9 Å². The van der Waals surface area contributed by atoms with Gasteiger partial charge in [0.1, 0.15) is 0 Å². The van der Waals surface area contributed by atoms with Crippen molar-refractivity contribution >= 4 is 33.3 Å². The maximum atomic E-state index is 13.1. The fourth-order valence-electron chi connectivity index (χ4n) is 4.44. The van der Waals surface area contributed by atoms with E-state index < -0.39 is 10.0 Å². The molecule has 1 heterocycles. The second-order valence-electron chi connectivity index (χ2n) is 8.65. The highest BCUT2D eigenvalue weighted by Crippen LogP contribution is 2.29. The van der Waals surface area contributed by atoms with Gasteiger partial charge in [0.05, 0.1) is 4.90 Å². The van der Waals surface area contributed by atoms with Crippen molar-refractivity contribution in [2.75, 3.05) is 30.3 Å². The van der Waals surface area contributed by atoms with Crippen LogP contribution in [0.25, 0.3) is 0 Å². The normalized spacial score (nSPS) is 16.5. The molecule has 0 bridgehead atoms. The topological polar surface area (TPSA) is 108 Å². The van der Waals surface area contributed by atoms with Crippen molar-refractivity contribution in [3.05, 3.63) is 66.2 Å². The van der Waals surface area contributed by atoms with Crippen LogP contribution in [-0.2, 0) is 27.7 Å². The molecule has 0 unspecified atom stereocenters. The smallest absolute Gasteiger partial charge is 0.319 e. The molecule has 0 aromatic heterocycles. The number of hydrogen-bond donors (Lipinski definition) is 3. The van der Waals surface area contributed by atoms with Crippen LogP contribution in [-0.4, -0.2) is 44.3 Å². The van der Waals surface area contributed by atoms with Gasteiger partial charge in [0.25, 0.3) is 0 Å². The molecule has 0 radical (unpaired) electrons. The Labute approximate surface area is 200 Å². The van der Waals surface area contributed by atoms with Crippen LogP contribution in [0.1, 0.15) is 30.4 Å². The second kappa shape index (κ2) is 10.4. The SMILES string of the molecule is C=CCNC(=O)Nc1ccc(NC(=O)C2CCN(S(=O)(=O)c3ccc4c(c3)CCC4)CC2)cc1. The number of piperidine rings is 1. The van der Waals surface area contributed by atoms with E-state index in [4.69, 9.17) is 0 Å². The van der Waals surface area contributed by atoms with E-state index in [1.807, 2.05) is 12.1 Å². The predicted molar refractivity (Wildman–Crippen MR) is 132 cm³/mol. The Morgan fingerprint density at radius 1 is 0.971 bits per heavy atom. The lowest BCUT2D eigenvalue weighted by atomic mass is 9.97. The molecule has 180 valence electrons. The number of nitrogens with one attached hydrogen (secondary N) is 3. The number of sulfonamides is 1. The zero-order valence-electron chi connectivity index (χ0n) is 19.0. The molecular weight excluding hydrogens is 452 g/mol. The van der Waals surface area contributed by atoms with E-state index in [-0.39, 0.29) is 17.9 Å². The molecule has 1 fully saturated rings. The molecular formula is C25H30N4O4S. The highest BCUT2D eigenvalue weighted by atomic mass is 32.2. The molecule has 2 aliphatic rings. The molecule has 3 amide bonds. The number of benzene rings is 2. The van der Waals surface area contributed by atoms with Crippen LogP contribution in [0.4, 0.5) is 16.2 Å². The summed E-state index contributed by atoms with van der Waals surface area (Å²) in [5, 5.41) is 8.21. The number of aryl methyl sites for hydroxylation is 2. The summed E-state index contributed by atoms with van der Waals surface area (Å²) in [5.41, 5.74) is 3.60. The van der Waals surface area contributed by atoms with E-state index in [1.54, 1.807) is 36.4 Å². The van der Waals surface area contributed by atoms with Crippen molar-refractivity contribution in [3.8, 4) is 0 Å². The lowest BCUT2D eigenvalue weighted by Gasteiger charge is -2.30. The summed E-state index contributed by atoms with van der Waals surface area (Å²) < 4.78 is 27.7. The minimum atomic E-state index is -3.56. The fourth-order valence-corrected chi connectivity index (χ4v) is 5.96. The van der Waals surface area contributed by atoms with E-state index in [9.17, 15) is 18.0 Å². The number of rotatable bonds is 7. The van der Waals surface area contributed by atoms with Crippen LogP contribution in [0, 0.1) is 5.92 Å². The van der Waals surface area contributed by atoms with E-state index in [0.29, 0.717) is 48.7 Å². The highest BCUT2D eigenvalue weighted by Gasteiger charge is 2.32. The second-order valence-corrected chi connectivity index (χ2v) is 10.6. The molecule has 1 aliphatic heterocycles. The number of fused-ring (bicyclic) bond motifs is 1. The number of nitrogens with zero attached hydrogens (tertiary/aromatic N) is 1. The number of carbonyl (C=O) groups excluding carboxylic acids is 2. The van der Waals surface area contributed by atoms with E-state index in [0.717, 1.165) is 24.8 Å². The molecule has 3 N–H and O–H groups in total. The van der Waals surface area contributed by atoms with Crippen LogP contribution < -0.4 is 16.0 Å². The van der Waals surface area contributed by atoms with E-state index >= 15 is 0 Å². The number of urea groups is 1. The molecule has 0 atom stereocenters. The lowest BCUT2D eigenvalue weighted by Crippen LogP contribution is -2.41. The van der Waals surface area contributed by atoms with Gasteiger partial charge in [0.15, 0.2) is 0 Å². The first-order valence-electron chi connectivity index (χ1n) is 11.6. The summed E-state index contributed by atoms with van der Waals surface area (Å²) >= 11 is 0. The number of hydrogen-bond acceptors (Lipinski definition) is 4. The number of amides is 3. The van der Waals surface area contributed by atoms with Gasteiger partial charge in [-0.15, -0.1) is 6.58 Å². The van der Waals surface area contributed by atoms with Crippen molar-refractivity contribution in [1.29, 1.82) is 0 Å². The first kappa shape index (κ1) is 24.0.